The van der Waals surface area contributed by atoms with E-state index >= 15 is 0 Å². The van der Waals surface area contributed by atoms with Crippen LogP contribution in [-0.4, -0.2) is 42.6 Å². The van der Waals surface area contributed by atoms with Gasteiger partial charge in [-0.05, 0) is 22.8 Å². The van der Waals surface area contributed by atoms with Gasteiger partial charge in [-0.25, -0.2) is 0 Å². The fourth-order valence-corrected chi connectivity index (χ4v) is 3.37. The first-order valence-electron chi connectivity index (χ1n) is 10.6. The van der Waals surface area contributed by atoms with Gasteiger partial charge in [0.05, 0.1) is 18.3 Å². The summed E-state index contributed by atoms with van der Waals surface area (Å²) in [6.45, 7) is 8.39. The van der Waals surface area contributed by atoms with E-state index in [-0.39, 0.29) is 18.6 Å². The topological polar surface area (TPSA) is 100 Å². The van der Waals surface area contributed by atoms with Crippen molar-refractivity contribution < 1.29 is 5.11 Å². The second-order valence-electron chi connectivity index (χ2n) is 7.85. The molecule has 4 aromatic rings. The predicted molar refractivity (Wildman–Crippen MR) is 127 cm³/mol. The predicted octanol–water partition coefficient (Wildman–Crippen LogP) is 3.88. The average Bonchev–Trinajstić information content (AvgIpc) is 3.26. The first-order chi connectivity index (χ1) is 15.6. The largest absolute Gasteiger partial charge is 0.394 e. The lowest BCUT2D eigenvalue weighted by molar-refractivity contribution is 0.290. The van der Waals surface area contributed by atoms with Crippen molar-refractivity contribution in [1.82, 2.24) is 24.8 Å². The molecule has 164 valence electrons. The number of pyridine rings is 1. The lowest BCUT2D eigenvalue weighted by Gasteiger charge is -2.15. The Morgan fingerprint density at radius 2 is 1.94 bits per heavy atom. The van der Waals surface area contributed by atoms with Crippen molar-refractivity contribution >= 4 is 17.2 Å². The molecule has 1 aromatic carbocycles. The first kappa shape index (κ1) is 21.5. The molecular weight excluding hydrogens is 402 g/mol. The molecule has 0 saturated heterocycles. The molecule has 0 aliphatic carbocycles. The van der Waals surface area contributed by atoms with Crippen LogP contribution in [0.2, 0.25) is 0 Å². The Hall–Kier alpha value is -3.78. The summed E-state index contributed by atoms with van der Waals surface area (Å²) in [6.07, 6.45) is 5.28. The number of aliphatic hydroxyl groups is 1. The van der Waals surface area contributed by atoms with Crippen LogP contribution in [0.25, 0.3) is 16.8 Å². The average molecular weight is 430 g/mol. The number of aromatic nitrogens is 5. The van der Waals surface area contributed by atoms with E-state index in [1.807, 2.05) is 24.4 Å². The molecule has 0 amide bonds. The third-order valence-electron chi connectivity index (χ3n) is 5.16. The molecule has 0 radical (unpaired) electrons. The summed E-state index contributed by atoms with van der Waals surface area (Å²) < 4.78 is 1.75. The zero-order chi connectivity index (χ0) is 22.5. The van der Waals surface area contributed by atoms with Crippen LogP contribution < -0.4 is 10.6 Å². The van der Waals surface area contributed by atoms with Crippen molar-refractivity contribution in [2.24, 2.45) is 0 Å². The lowest BCUT2D eigenvalue weighted by Crippen LogP contribution is -2.22. The molecule has 0 bridgehead atoms. The van der Waals surface area contributed by atoms with E-state index in [9.17, 15) is 5.11 Å². The molecule has 3 N–H and O–H groups in total. The molecule has 0 fully saturated rings. The van der Waals surface area contributed by atoms with Gasteiger partial charge in [0, 0.05) is 30.9 Å². The number of aliphatic hydroxyl groups excluding tert-OH is 1. The van der Waals surface area contributed by atoms with Crippen LogP contribution in [0.15, 0.2) is 67.5 Å². The number of hydrogen-bond acceptors (Lipinski definition) is 7. The van der Waals surface area contributed by atoms with Gasteiger partial charge in [-0.1, -0.05) is 50.3 Å². The Labute approximate surface area is 187 Å². The Bertz CT molecular complexity index is 1190. The number of rotatable bonds is 9. The molecule has 32 heavy (non-hydrogen) atoms. The molecule has 1 atom stereocenters. The lowest BCUT2D eigenvalue weighted by atomic mass is 10.1. The maximum Gasteiger partial charge on any atom is 0.201 e. The van der Waals surface area contributed by atoms with Crippen LogP contribution in [0.5, 0.6) is 0 Å². The van der Waals surface area contributed by atoms with Gasteiger partial charge >= 0.3 is 0 Å². The summed E-state index contributed by atoms with van der Waals surface area (Å²) in [5.41, 5.74) is 4.80. The van der Waals surface area contributed by atoms with Crippen molar-refractivity contribution in [1.29, 1.82) is 0 Å². The van der Waals surface area contributed by atoms with Gasteiger partial charge in [-0.15, -0.1) is 21.9 Å². The molecule has 8 heteroatoms. The standard InChI is InChI=1S/C24H27N7O/c1-4-20(15-32)27-22-12-21(24-29-28-23(16(2)3)31(24)30-22)26-13-17-7-9-18(10-8-17)19-6-5-11-25-14-19/h4-12,14,16,20,26,32H,1,13,15H2,2-3H3,(H,27,30)/t20-/m0/s1. The summed E-state index contributed by atoms with van der Waals surface area (Å²) >= 11 is 0. The summed E-state index contributed by atoms with van der Waals surface area (Å²) in [6, 6.07) is 13.9. The molecule has 0 unspecified atom stereocenters. The smallest absolute Gasteiger partial charge is 0.201 e. The normalized spacial score (nSPS) is 12.1. The minimum absolute atomic E-state index is 0.0749. The van der Waals surface area contributed by atoms with E-state index in [1.165, 1.54) is 0 Å². The van der Waals surface area contributed by atoms with Gasteiger partial charge < -0.3 is 15.7 Å². The van der Waals surface area contributed by atoms with Gasteiger partial charge in [0.25, 0.3) is 0 Å². The number of anilines is 2. The van der Waals surface area contributed by atoms with E-state index in [0.717, 1.165) is 28.2 Å². The highest BCUT2D eigenvalue weighted by molar-refractivity contribution is 5.70. The van der Waals surface area contributed by atoms with Gasteiger partial charge in [-0.3, -0.25) is 4.98 Å². The number of fused-ring (bicyclic) bond motifs is 1. The fraction of sp³-hybridized carbons (Fsp3) is 0.250. The Kier molecular flexibility index (Phi) is 6.42. The van der Waals surface area contributed by atoms with Crippen molar-refractivity contribution in [2.45, 2.75) is 32.4 Å². The van der Waals surface area contributed by atoms with Gasteiger partial charge in [0.15, 0.2) is 5.82 Å². The van der Waals surface area contributed by atoms with Gasteiger partial charge in [0.2, 0.25) is 5.65 Å². The van der Waals surface area contributed by atoms with Crippen LogP contribution in [-0.2, 0) is 6.54 Å². The van der Waals surface area contributed by atoms with Crippen molar-refractivity contribution in [3.8, 4) is 11.1 Å². The monoisotopic (exact) mass is 429 g/mol. The highest BCUT2D eigenvalue weighted by Crippen LogP contribution is 2.24. The maximum absolute atomic E-state index is 9.52. The summed E-state index contributed by atoms with van der Waals surface area (Å²) in [5, 5.41) is 29.5. The molecule has 0 aliphatic rings. The second-order valence-corrected chi connectivity index (χ2v) is 7.85. The van der Waals surface area contributed by atoms with E-state index in [2.05, 4.69) is 75.6 Å². The Morgan fingerprint density at radius 3 is 2.59 bits per heavy atom. The molecule has 8 nitrogen and oxygen atoms in total. The Morgan fingerprint density at radius 1 is 1.12 bits per heavy atom. The molecule has 0 spiro atoms. The summed E-state index contributed by atoms with van der Waals surface area (Å²) in [4.78, 5) is 4.18. The number of nitrogens with one attached hydrogen (secondary N) is 2. The number of benzene rings is 1. The van der Waals surface area contributed by atoms with E-state index in [1.54, 1.807) is 16.8 Å². The van der Waals surface area contributed by atoms with E-state index in [0.29, 0.717) is 18.0 Å². The minimum atomic E-state index is -0.299. The van der Waals surface area contributed by atoms with E-state index < -0.39 is 0 Å². The van der Waals surface area contributed by atoms with Gasteiger partial charge in [0.1, 0.15) is 5.82 Å². The number of hydrogen-bond donors (Lipinski definition) is 3. The van der Waals surface area contributed by atoms with Crippen molar-refractivity contribution in [3.05, 3.63) is 78.9 Å². The van der Waals surface area contributed by atoms with Crippen LogP contribution in [0, 0.1) is 0 Å². The second kappa shape index (κ2) is 9.57. The summed E-state index contributed by atoms with van der Waals surface area (Å²) in [5.74, 6) is 1.54. The highest BCUT2D eigenvalue weighted by atomic mass is 16.3. The zero-order valence-electron chi connectivity index (χ0n) is 18.2. The van der Waals surface area contributed by atoms with Crippen molar-refractivity contribution in [3.63, 3.8) is 0 Å². The zero-order valence-corrected chi connectivity index (χ0v) is 18.2. The van der Waals surface area contributed by atoms with Crippen LogP contribution in [0.3, 0.4) is 0 Å². The third-order valence-corrected chi connectivity index (χ3v) is 5.16. The fourth-order valence-electron chi connectivity index (χ4n) is 3.37. The molecule has 0 saturated carbocycles. The SMILES string of the molecule is C=C[C@@H](CO)Nc1cc(NCc2ccc(-c3cccnc3)cc2)c2nnc(C(C)C)n2n1. The quantitative estimate of drug-likeness (QED) is 0.347. The van der Waals surface area contributed by atoms with Crippen LogP contribution in [0.4, 0.5) is 11.5 Å². The molecular formula is C24H27N7O. The number of nitrogens with zero attached hydrogens (tertiary/aromatic N) is 5. The van der Waals surface area contributed by atoms with E-state index in [4.69, 9.17) is 0 Å². The molecule has 3 heterocycles. The Balaban J connectivity index is 1.59. The molecule has 3 aromatic heterocycles. The maximum atomic E-state index is 9.52. The minimum Gasteiger partial charge on any atom is -0.394 e. The molecule has 4 rings (SSSR count). The molecule has 0 aliphatic heterocycles. The highest BCUT2D eigenvalue weighted by Gasteiger charge is 2.16. The third kappa shape index (κ3) is 4.60. The van der Waals surface area contributed by atoms with Crippen LogP contribution in [0.1, 0.15) is 31.2 Å². The van der Waals surface area contributed by atoms with Crippen LogP contribution >= 0.6 is 0 Å². The summed E-state index contributed by atoms with van der Waals surface area (Å²) in [7, 11) is 0. The first-order valence-corrected chi connectivity index (χ1v) is 10.6. The van der Waals surface area contributed by atoms with Crippen molar-refractivity contribution in [2.75, 3.05) is 17.2 Å². The van der Waals surface area contributed by atoms with Gasteiger partial charge in [-0.2, -0.15) is 4.52 Å².